The predicted octanol–water partition coefficient (Wildman–Crippen LogP) is 3.05. The van der Waals surface area contributed by atoms with Gasteiger partial charge in [0.05, 0.1) is 5.69 Å². The predicted molar refractivity (Wildman–Crippen MR) is 68.6 cm³/mol. The Kier molecular flexibility index (Phi) is 3.22. The van der Waals surface area contributed by atoms with Crippen LogP contribution in [0.1, 0.15) is 0 Å². The number of nitrogens with two attached hydrogens (primary N) is 2. The lowest BCUT2D eigenvalue weighted by atomic mass is 10.4. The van der Waals surface area contributed by atoms with Crippen molar-refractivity contribution in [3.05, 3.63) is 41.4 Å². The Morgan fingerprint density at radius 3 is 2.62 bits per heavy atom. The summed E-state index contributed by atoms with van der Waals surface area (Å²) >= 11 is 7.38. The first-order valence-electron chi connectivity index (χ1n) is 4.60. The van der Waals surface area contributed by atoms with Crippen LogP contribution in [0, 0.1) is 0 Å². The highest BCUT2D eigenvalue weighted by atomic mass is 35.5. The summed E-state index contributed by atoms with van der Waals surface area (Å²) < 4.78 is 0. The molecule has 1 aromatic heterocycles. The van der Waals surface area contributed by atoms with E-state index in [4.69, 9.17) is 23.1 Å². The topological polar surface area (TPSA) is 64.9 Å². The van der Waals surface area contributed by atoms with Gasteiger partial charge in [-0.1, -0.05) is 29.4 Å². The molecule has 0 unspecified atom stereocenters. The molecule has 0 saturated carbocycles. The molecule has 1 aromatic carbocycles. The summed E-state index contributed by atoms with van der Waals surface area (Å²) in [4.78, 5) is 5.19. The van der Waals surface area contributed by atoms with Gasteiger partial charge >= 0.3 is 0 Å². The minimum absolute atomic E-state index is 0.354. The molecule has 16 heavy (non-hydrogen) atoms. The summed E-state index contributed by atoms with van der Waals surface area (Å²) in [5.41, 5.74) is 11.7. The van der Waals surface area contributed by atoms with Crippen LogP contribution in [0.5, 0.6) is 0 Å². The number of hydrogen-bond acceptors (Lipinski definition) is 4. The minimum atomic E-state index is 0.354. The third kappa shape index (κ3) is 2.59. The molecule has 0 aliphatic heterocycles. The first-order valence-corrected chi connectivity index (χ1v) is 5.80. The normalized spacial score (nSPS) is 10.3. The Morgan fingerprint density at radius 2 is 1.94 bits per heavy atom. The molecular weight excluding hydrogens is 242 g/mol. The smallest absolute Gasteiger partial charge is 0.147 e. The van der Waals surface area contributed by atoms with E-state index in [1.54, 1.807) is 6.07 Å². The fourth-order valence-corrected chi connectivity index (χ4v) is 2.28. The van der Waals surface area contributed by atoms with Crippen molar-refractivity contribution in [3.8, 4) is 0 Å². The SMILES string of the molecule is Nc1ccc(Sc2cccc(Cl)c2)nc1N. The maximum Gasteiger partial charge on any atom is 0.147 e. The van der Waals surface area contributed by atoms with E-state index in [1.165, 1.54) is 11.8 Å². The molecule has 0 bridgehead atoms. The Morgan fingerprint density at radius 1 is 1.12 bits per heavy atom. The molecule has 0 fully saturated rings. The van der Waals surface area contributed by atoms with Crippen LogP contribution in [0.15, 0.2) is 46.3 Å². The quantitative estimate of drug-likeness (QED) is 0.861. The van der Waals surface area contributed by atoms with Gasteiger partial charge in [0.2, 0.25) is 0 Å². The van der Waals surface area contributed by atoms with Gasteiger partial charge in [-0.05, 0) is 30.3 Å². The molecule has 0 aliphatic rings. The highest BCUT2D eigenvalue weighted by molar-refractivity contribution is 7.99. The maximum absolute atomic E-state index is 5.89. The van der Waals surface area contributed by atoms with E-state index in [-0.39, 0.29) is 0 Å². The van der Waals surface area contributed by atoms with E-state index in [0.717, 1.165) is 9.92 Å². The number of halogens is 1. The van der Waals surface area contributed by atoms with E-state index < -0.39 is 0 Å². The fraction of sp³-hybridized carbons (Fsp3) is 0. The molecule has 2 rings (SSSR count). The lowest BCUT2D eigenvalue weighted by molar-refractivity contribution is 1.15. The molecule has 0 atom stereocenters. The molecule has 1 heterocycles. The second kappa shape index (κ2) is 4.63. The van der Waals surface area contributed by atoms with Gasteiger partial charge in [0.1, 0.15) is 10.8 Å². The van der Waals surface area contributed by atoms with Gasteiger partial charge in [0.25, 0.3) is 0 Å². The van der Waals surface area contributed by atoms with Crippen LogP contribution in [0.4, 0.5) is 11.5 Å². The Labute approximate surface area is 103 Å². The van der Waals surface area contributed by atoms with E-state index in [0.29, 0.717) is 16.5 Å². The minimum Gasteiger partial charge on any atom is -0.396 e. The van der Waals surface area contributed by atoms with Crippen molar-refractivity contribution in [2.24, 2.45) is 0 Å². The van der Waals surface area contributed by atoms with E-state index >= 15 is 0 Å². The molecular formula is C11H10ClN3S. The zero-order chi connectivity index (χ0) is 11.5. The summed E-state index contributed by atoms with van der Waals surface area (Å²) in [5.74, 6) is 0.354. The third-order valence-corrected chi connectivity index (χ3v) is 3.11. The lowest BCUT2D eigenvalue weighted by Crippen LogP contribution is -1.97. The third-order valence-electron chi connectivity index (χ3n) is 1.95. The summed E-state index contributed by atoms with van der Waals surface area (Å²) in [7, 11) is 0. The highest BCUT2D eigenvalue weighted by Gasteiger charge is 2.02. The number of aromatic nitrogens is 1. The van der Waals surface area contributed by atoms with Gasteiger partial charge in [-0.25, -0.2) is 4.98 Å². The average Bonchev–Trinajstić information content (AvgIpc) is 2.24. The van der Waals surface area contributed by atoms with Crippen molar-refractivity contribution in [2.45, 2.75) is 9.92 Å². The van der Waals surface area contributed by atoms with E-state index in [2.05, 4.69) is 4.98 Å². The van der Waals surface area contributed by atoms with Gasteiger partial charge in [-0.15, -0.1) is 0 Å². The Bertz CT molecular complexity index is 516. The lowest BCUT2D eigenvalue weighted by Gasteiger charge is -2.03. The van der Waals surface area contributed by atoms with Gasteiger partial charge in [0.15, 0.2) is 0 Å². The van der Waals surface area contributed by atoms with Crippen LogP contribution >= 0.6 is 23.4 Å². The summed E-state index contributed by atoms with van der Waals surface area (Å²) in [6, 6.07) is 11.1. The highest BCUT2D eigenvalue weighted by Crippen LogP contribution is 2.29. The van der Waals surface area contributed by atoms with Crippen molar-refractivity contribution in [1.29, 1.82) is 0 Å². The Balaban J connectivity index is 2.24. The van der Waals surface area contributed by atoms with Gasteiger partial charge in [0, 0.05) is 9.92 Å². The molecule has 0 aliphatic carbocycles. The van der Waals surface area contributed by atoms with Crippen molar-refractivity contribution in [3.63, 3.8) is 0 Å². The van der Waals surface area contributed by atoms with Crippen molar-refractivity contribution < 1.29 is 0 Å². The standard InChI is InChI=1S/C11H10ClN3S/c12-7-2-1-3-8(6-7)16-10-5-4-9(13)11(14)15-10/h1-6H,13H2,(H2,14,15). The van der Waals surface area contributed by atoms with Gasteiger partial charge in [-0.3, -0.25) is 0 Å². The Hall–Kier alpha value is -1.39. The number of benzene rings is 1. The fourth-order valence-electron chi connectivity index (χ4n) is 1.18. The summed E-state index contributed by atoms with van der Waals surface area (Å²) in [5, 5.41) is 1.50. The van der Waals surface area contributed by atoms with Crippen LogP contribution in [0.2, 0.25) is 5.02 Å². The first-order chi connectivity index (χ1) is 7.65. The van der Waals surface area contributed by atoms with Gasteiger partial charge < -0.3 is 11.5 Å². The average molecular weight is 252 g/mol. The molecule has 2 aromatic rings. The monoisotopic (exact) mass is 251 g/mol. The number of pyridine rings is 1. The number of hydrogen-bond donors (Lipinski definition) is 2. The van der Waals surface area contributed by atoms with Crippen LogP contribution < -0.4 is 11.5 Å². The number of nitrogens with zero attached hydrogens (tertiary/aromatic N) is 1. The molecule has 0 saturated heterocycles. The van der Waals surface area contributed by atoms with Crippen LogP contribution in [-0.4, -0.2) is 4.98 Å². The zero-order valence-electron chi connectivity index (χ0n) is 8.35. The molecule has 4 N–H and O–H groups in total. The van der Waals surface area contributed by atoms with Crippen molar-refractivity contribution in [1.82, 2.24) is 4.98 Å². The largest absolute Gasteiger partial charge is 0.396 e. The first kappa shape index (κ1) is 11.1. The van der Waals surface area contributed by atoms with Gasteiger partial charge in [-0.2, -0.15) is 0 Å². The van der Waals surface area contributed by atoms with Crippen LogP contribution in [-0.2, 0) is 0 Å². The number of rotatable bonds is 2. The molecule has 3 nitrogen and oxygen atoms in total. The van der Waals surface area contributed by atoms with Crippen molar-refractivity contribution in [2.75, 3.05) is 11.5 Å². The summed E-state index contributed by atoms with van der Waals surface area (Å²) in [6.45, 7) is 0. The molecule has 82 valence electrons. The number of nitrogen functional groups attached to an aromatic ring is 2. The van der Waals surface area contributed by atoms with E-state index in [1.807, 2.05) is 30.3 Å². The zero-order valence-corrected chi connectivity index (χ0v) is 9.92. The van der Waals surface area contributed by atoms with Crippen LogP contribution in [0.25, 0.3) is 0 Å². The molecule has 5 heteroatoms. The summed E-state index contributed by atoms with van der Waals surface area (Å²) in [6.07, 6.45) is 0. The second-order valence-electron chi connectivity index (χ2n) is 3.18. The molecule has 0 radical (unpaired) electrons. The number of anilines is 2. The van der Waals surface area contributed by atoms with Crippen LogP contribution in [0.3, 0.4) is 0 Å². The second-order valence-corrected chi connectivity index (χ2v) is 4.71. The van der Waals surface area contributed by atoms with E-state index in [9.17, 15) is 0 Å². The maximum atomic E-state index is 5.89. The molecule has 0 amide bonds. The molecule has 0 spiro atoms. The van der Waals surface area contributed by atoms with Crippen molar-refractivity contribution >= 4 is 34.9 Å².